The molecule has 4 rings (SSSR count). The molecule has 1 amide bonds. The monoisotopic (exact) mass is 516 g/mol. The maximum Gasteiger partial charge on any atom is 0.241 e. The van der Waals surface area contributed by atoms with Crippen LogP contribution in [0.2, 0.25) is 0 Å². The van der Waals surface area contributed by atoms with Gasteiger partial charge in [0.2, 0.25) is 5.91 Å². The summed E-state index contributed by atoms with van der Waals surface area (Å²) in [7, 11) is 4.94. The average molecular weight is 517 g/mol. The highest BCUT2D eigenvalue weighted by atomic mass is 16.5. The smallest absolute Gasteiger partial charge is 0.241 e. The molecule has 0 saturated heterocycles. The molecule has 0 fully saturated rings. The fraction of sp³-hybridized carbons (Fsp3) is 0.345. The minimum Gasteiger partial charge on any atom is -0.497 e. The van der Waals surface area contributed by atoms with E-state index in [9.17, 15) is 4.79 Å². The molecular formula is C29H36N6O3. The van der Waals surface area contributed by atoms with Gasteiger partial charge in [-0.05, 0) is 37.2 Å². The van der Waals surface area contributed by atoms with Crippen molar-refractivity contribution < 1.29 is 14.3 Å². The maximum absolute atomic E-state index is 11.7. The predicted octanol–water partition coefficient (Wildman–Crippen LogP) is 4.39. The second-order valence-corrected chi connectivity index (χ2v) is 9.39. The number of amides is 1. The molecule has 0 aliphatic heterocycles. The summed E-state index contributed by atoms with van der Waals surface area (Å²) in [5, 5.41) is 11.5. The van der Waals surface area contributed by atoms with E-state index in [0.717, 1.165) is 64.4 Å². The zero-order chi connectivity index (χ0) is 27.1. The van der Waals surface area contributed by atoms with Gasteiger partial charge in [0.25, 0.3) is 0 Å². The van der Waals surface area contributed by atoms with Crippen LogP contribution in [0.25, 0.3) is 22.0 Å². The van der Waals surface area contributed by atoms with Crippen molar-refractivity contribution in [1.82, 2.24) is 25.4 Å². The first-order chi connectivity index (χ1) is 18.4. The number of aromatic nitrogens is 3. The van der Waals surface area contributed by atoms with Gasteiger partial charge in [0.15, 0.2) is 0 Å². The van der Waals surface area contributed by atoms with Crippen LogP contribution in [0.15, 0.2) is 61.1 Å². The van der Waals surface area contributed by atoms with E-state index in [2.05, 4.69) is 57.7 Å². The molecule has 2 heterocycles. The molecule has 2 aromatic heterocycles. The van der Waals surface area contributed by atoms with E-state index in [1.54, 1.807) is 32.1 Å². The van der Waals surface area contributed by atoms with Gasteiger partial charge in [0.05, 0.1) is 25.9 Å². The number of pyridine rings is 1. The van der Waals surface area contributed by atoms with Gasteiger partial charge in [-0.15, -0.1) is 0 Å². The molecule has 9 nitrogen and oxygen atoms in total. The van der Waals surface area contributed by atoms with Gasteiger partial charge < -0.3 is 25.0 Å². The highest BCUT2D eigenvalue weighted by molar-refractivity contribution is 5.87. The number of nitrogens with zero attached hydrogens (tertiary/aromatic N) is 4. The topological polar surface area (TPSA) is 93.5 Å². The molecule has 0 unspecified atom stereocenters. The van der Waals surface area contributed by atoms with Crippen molar-refractivity contribution in [2.24, 2.45) is 0 Å². The third kappa shape index (κ3) is 6.60. The van der Waals surface area contributed by atoms with E-state index in [4.69, 9.17) is 9.47 Å². The molecule has 9 heteroatoms. The summed E-state index contributed by atoms with van der Waals surface area (Å²) in [6.07, 6.45) is 6.41. The number of ether oxygens (including phenoxy) is 2. The number of rotatable bonds is 12. The molecule has 0 radical (unpaired) electrons. The molecule has 0 saturated carbocycles. The molecule has 4 aromatic rings. The van der Waals surface area contributed by atoms with Crippen LogP contribution in [0.3, 0.4) is 0 Å². The molecule has 38 heavy (non-hydrogen) atoms. The molecule has 0 spiro atoms. The zero-order valence-corrected chi connectivity index (χ0v) is 22.7. The number of methoxy groups -OCH3 is 2. The molecule has 200 valence electrons. The fourth-order valence-corrected chi connectivity index (χ4v) is 4.25. The fourth-order valence-electron chi connectivity index (χ4n) is 4.25. The lowest BCUT2D eigenvalue weighted by molar-refractivity contribution is -0.121. The van der Waals surface area contributed by atoms with Crippen molar-refractivity contribution >= 4 is 28.2 Å². The van der Waals surface area contributed by atoms with Crippen LogP contribution in [0, 0.1) is 0 Å². The second-order valence-electron chi connectivity index (χ2n) is 9.39. The van der Waals surface area contributed by atoms with Gasteiger partial charge in [0, 0.05) is 78.1 Å². The minimum atomic E-state index is -0.0983. The van der Waals surface area contributed by atoms with Crippen molar-refractivity contribution in [2.75, 3.05) is 39.3 Å². The highest BCUT2D eigenvalue weighted by Gasteiger charge is 2.14. The van der Waals surface area contributed by atoms with Crippen molar-refractivity contribution in [3.63, 3.8) is 0 Å². The SMILES string of the molecule is CNC(=O)Cn1cc(-c2cnc3ccc(N(CCCNC(C)C)c4cc(OC)cc(OC)c4)cc3c2)cn1. The first-order valence-corrected chi connectivity index (χ1v) is 12.8. The van der Waals surface area contributed by atoms with Crippen LogP contribution in [0.1, 0.15) is 20.3 Å². The van der Waals surface area contributed by atoms with Crippen LogP contribution < -0.4 is 25.0 Å². The number of carbonyl (C=O) groups excluding carboxylic acids is 1. The number of nitrogens with one attached hydrogen (secondary N) is 2. The minimum absolute atomic E-state index is 0.0983. The summed E-state index contributed by atoms with van der Waals surface area (Å²) in [6.45, 7) is 6.20. The Hall–Kier alpha value is -4.11. The number of anilines is 2. The van der Waals surface area contributed by atoms with Crippen molar-refractivity contribution in [3.8, 4) is 22.6 Å². The average Bonchev–Trinajstić information content (AvgIpc) is 3.40. The lowest BCUT2D eigenvalue weighted by Crippen LogP contribution is -2.27. The van der Waals surface area contributed by atoms with Crippen LogP contribution in [0.4, 0.5) is 11.4 Å². The summed E-state index contributed by atoms with van der Waals surface area (Å²) >= 11 is 0. The van der Waals surface area contributed by atoms with Crippen LogP contribution in [0.5, 0.6) is 11.5 Å². The molecule has 0 bridgehead atoms. The number of hydrogen-bond acceptors (Lipinski definition) is 7. The van der Waals surface area contributed by atoms with Gasteiger partial charge in [-0.25, -0.2) is 0 Å². The van der Waals surface area contributed by atoms with E-state index < -0.39 is 0 Å². The van der Waals surface area contributed by atoms with E-state index in [1.807, 2.05) is 36.7 Å². The van der Waals surface area contributed by atoms with E-state index in [1.165, 1.54) is 0 Å². The summed E-state index contributed by atoms with van der Waals surface area (Å²) in [5.41, 5.74) is 4.78. The van der Waals surface area contributed by atoms with Gasteiger partial charge in [-0.3, -0.25) is 14.5 Å². The summed E-state index contributed by atoms with van der Waals surface area (Å²) in [6, 6.07) is 14.8. The number of hydrogen-bond donors (Lipinski definition) is 2. The van der Waals surface area contributed by atoms with Gasteiger partial charge in [0.1, 0.15) is 18.0 Å². The molecular weight excluding hydrogens is 480 g/mol. The lowest BCUT2D eigenvalue weighted by Gasteiger charge is -2.26. The third-order valence-corrected chi connectivity index (χ3v) is 6.29. The lowest BCUT2D eigenvalue weighted by atomic mass is 10.1. The number of likely N-dealkylation sites (N-methyl/N-ethyl adjacent to an activating group) is 1. The quantitative estimate of drug-likeness (QED) is 0.270. The number of benzene rings is 2. The number of carbonyl (C=O) groups is 1. The van der Waals surface area contributed by atoms with Crippen LogP contribution >= 0.6 is 0 Å². The van der Waals surface area contributed by atoms with Crippen LogP contribution in [-0.4, -0.2) is 61.1 Å². The Morgan fingerprint density at radius 1 is 1.00 bits per heavy atom. The Balaban J connectivity index is 1.68. The van der Waals surface area contributed by atoms with Gasteiger partial charge >= 0.3 is 0 Å². The molecule has 0 aliphatic rings. The summed E-state index contributed by atoms with van der Waals surface area (Å²) in [4.78, 5) is 18.7. The van der Waals surface area contributed by atoms with Crippen molar-refractivity contribution in [1.29, 1.82) is 0 Å². The predicted molar refractivity (Wildman–Crippen MR) is 151 cm³/mol. The van der Waals surface area contributed by atoms with Crippen molar-refractivity contribution in [2.45, 2.75) is 32.9 Å². The zero-order valence-electron chi connectivity index (χ0n) is 22.7. The van der Waals surface area contributed by atoms with E-state index in [0.29, 0.717) is 6.04 Å². The summed E-state index contributed by atoms with van der Waals surface area (Å²) < 4.78 is 12.7. The summed E-state index contributed by atoms with van der Waals surface area (Å²) in [5.74, 6) is 1.38. The first-order valence-electron chi connectivity index (χ1n) is 12.8. The normalized spacial score (nSPS) is 11.1. The maximum atomic E-state index is 11.7. The Morgan fingerprint density at radius 2 is 1.76 bits per heavy atom. The van der Waals surface area contributed by atoms with E-state index in [-0.39, 0.29) is 12.5 Å². The highest BCUT2D eigenvalue weighted by Crippen LogP contribution is 2.34. The van der Waals surface area contributed by atoms with Gasteiger partial charge in [-0.1, -0.05) is 13.8 Å². The first kappa shape index (κ1) is 26.9. The molecule has 2 aromatic carbocycles. The Kier molecular flexibility index (Phi) is 8.81. The number of fused-ring (bicyclic) bond motifs is 1. The Morgan fingerprint density at radius 3 is 2.45 bits per heavy atom. The molecule has 0 aliphatic carbocycles. The molecule has 2 N–H and O–H groups in total. The Bertz CT molecular complexity index is 1360. The standard InChI is InChI=1S/C29H36N6O3/c1-20(2)31-9-6-10-35(25-13-26(37-4)15-27(14-25)38-5)24-7-8-28-21(12-24)11-22(16-32-28)23-17-33-34(18-23)19-29(36)30-3/h7-8,11-18,20,31H,6,9-10,19H2,1-5H3,(H,30,36). The molecule has 0 atom stereocenters. The van der Waals surface area contributed by atoms with Gasteiger partial charge in [-0.2, -0.15) is 5.10 Å². The van der Waals surface area contributed by atoms with E-state index >= 15 is 0 Å². The second kappa shape index (κ2) is 12.4. The van der Waals surface area contributed by atoms with Crippen molar-refractivity contribution in [3.05, 3.63) is 61.1 Å². The van der Waals surface area contributed by atoms with Crippen LogP contribution in [-0.2, 0) is 11.3 Å². The Labute approximate surface area is 223 Å². The largest absolute Gasteiger partial charge is 0.497 e. The third-order valence-electron chi connectivity index (χ3n) is 6.29.